The smallest absolute Gasteiger partial charge is 0.290 e. The number of nitrogens with zero attached hydrogens (tertiary/aromatic N) is 1. The molecule has 1 unspecified atom stereocenters. The number of ether oxygens (including phenoxy) is 1. The van der Waals surface area contributed by atoms with Gasteiger partial charge in [-0.2, -0.15) is 0 Å². The zero-order chi connectivity index (χ0) is 23.5. The quantitative estimate of drug-likeness (QED) is 0.297. The van der Waals surface area contributed by atoms with E-state index in [9.17, 15) is 14.7 Å². The van der Waals surface area contributed by atoms with E-state index in [0.717, 1.165) is 24.8 Å². The Morgan fingerprint density at radius 2 is 1.88 bits per heavy atom. The van der Waals surface area contributed by atoms with Gasteiger partial charge in [0.1, 0.15) is 11.3 Å². The number of amides is 1. The summed E-state index contributed by atoms with van der Waals surface area (Å²) in [6.07, 6.45) is 2.70. The number of carbonyl (C=O) groups is 2. The second-order valence-corrected chi connectivity index (χ2v) is 8.43. The molecule has 33 heavy (non-hydrogen) atoms. The highest BCUT2D eigenvalue weighted by atomic mass is 35.5. The van der Waals surface area contributed by atoms with Gasteiger partial charge >= 0.3 is 0 Å². The highest BCUT2D eigenvalue weighted by Crippen LogP contribution is 2.40. The van der Waals surface area contributed by atoms with Crippen LogP contribution < -0.4 is 4.74 Å². The van der Waals surface area contributed by atoms with Crippen LogP contribution in [0.25, 0.3) is 11.0 Å². The topological polar surface area (TPSA) is 80.0 Å². The number of carbonyl (C=O) groups excluding carboxylic acids is 2. The number of aliphatic hydroxyl groups is 1. The monoisotopic (exact) mass is 467 g/mol. The zero-order valence-electron chi connectivity index (χ0n) is 18.6. The maximum atomic E-state index is 13.5. The van der Waals surface area contributed by atoms with Crippen LogP contribution in [0.4, 0.5) is 0 Å². The molecule has 6 nitrogen and oxygen atoms in total. The van der Waals surface area contributed by atoms with Gasteiger partial charge in [-0.25, -0.2) is 0 Å². The number of rotatable bonds is 9. The van der Waals surface area contributed by atoms with E-state index in [4.69, 9.17) is 20.8 Å². The molecule has 0 spiro atoms. The first-order valence-electron chi connectivity index (χ1n) is 11.1. The number of aliphatic hydroxyl groups excluding tert-OH is 1. The molecule has 0 aliphatic carbocycles. The SMILES string of the molecule is CCCCCN1C(=O)C(O)=C(C(=O)c2cc3cc(Cl)ccc3o2)C1c1ccc(OCC)cc1. The molecule has 1 atom stereocenters. The first kappa shape index (κ1) is 22.9. The van der Waals surface area contributed by atoms with Crippen molar-refractivity contribution in [2.75, 3.05) is 13.2 Å². The molecule has 1 aliphatic rings. The molecule has 0 radical (unpaired) electrons. The predicted molar refractivity (Wildman–Crippen MR) is 127 cm³/mol. The van der Waals surface area contributed by atoms with Crippen LogP contribution in [0.5, 0.6) is 5.75 Å². The van der Waals surface area contributed by atoms with E-state index in [1.807, 2.05) is 19.1 Å². The lowest BCUT2D eigenvalue weighted by molar-refractivity contribution is -0.129. The number of fused-ring (bicyclic) bond motifs is 1. The minimum Gasteiger partial charge on any atom is -0.503 e. The molecule has 0 bridgehead atoms. The summed E-state index contributed by atoms with van der Waals surface area (Å²) in [5.41, 5.74) is 1.24. The van der Waals surface area contributed by atoms with Crippen molar-refractivity contribution in [3.8, 4) is 5.75 Å². The molecule has 1 aliphatic heterocycles. The summed E-state index contributed by atoms with van der Waals surface area (Å²) in [6.45, 7) is 4.94. The Labute approximate surface area is 197 Å². The summed E-state index contributed by atoms with van der Waals surface area (Å²) in [6, 6.07) is 13.2. The summed E-state index contributed by atoms with van der Waals surface area (Å²) < 4.78 is 11.3. The van der Waals surface area contributed by atoms with Crippen molar-refractivity contribution in [2.45, 2.75) is 39.2 Å². The second kappa shape index (κ2) is 9.71. The van der Waals surface area contributed by atoms with E-state index in [0.29, 0.717) is 34.9 Å². The first-order chi connectivity index (χ1) is 15.9. The summed E-state index contributed by atoms with van der Waals surface area (Å²) in [5.74, 6) is -0.863. The molecule has 172 valence electrons. The van der Waals surface area contributed by atoms with E-state index in [1.165, 1.54) is 0 Å². The maximum absolute atomic E-state index is 13.5. The lowest BCUT2D eigenvalue weighted by atomic mass is 9.94. The second-order valence-electron chi connectivity index (χ2n) is 7.99. The van der Waals surface area contributed by atoms with E-state index in [-0.39, 0.29) is 11.3 Å². The summed E-state index contributed by atoms with van der Waals surface area (Å²) >= 11 is 6.06. The highest BCUT2D eigenvalue weighted by Gasteiger charge is 2.44. The Bertz CT molecular complexity index is 1210. The Hall–Kier alpha value is -3.25. The van der Waals surface area contributed by atoms with Gasteiger partial charge in [0.05, 0.1) is 18.2 Å². The third kappa shape index (κ3) is 4.48. The Balaban J connectivity index is 1.74. The third-order valence-corrected chi connectivity index (χ3v) is 5.99. The van der Waals surface area contributed by atoms with Crippen molar-refractivity contribution >= 4 is 34.3 Å². The van der Waals surface area contributed by atoms with Crippen molar-refractivity contribution in [2.24, 2.45) is 0 Å². The predicted octanol–water partition coefficient (Wildman–Crippen LogP) is 6.25. The fourth-order valence-corrected chi connectivity index (χ4v) is 4.35. The highest BCUT2D eigenvalue weighted by molar-refractivity contribution is 6.31. The Morgan fingerprint density at radius 1 is 1.12 bits per heavy atom. The van der Waals surface area contributed by atoms with Crippen LogP contribution in [-0.4, -0.2) is 34.8 Å². The van der Waals surface area contributed by atoms with Gasteiger partial charge in [-0.15, -0.1) is 0 Å². The summed E-state index contributed by atoms with van der Waals surface area (Å²) in [5, 5.41) is 12.0. The molecule has 7 heteroatoms. The van der Waals surface area contributed by atoms with Crippen LogP contribution in [-0.2, 0) is 4.79 Å². The molecule has 4 rings (SSSR count). The molecule has 2 heterocycles. The normalized spacial score (nSPS) is 16.2. The van der Waals surface area contributed by atoms with Crippen LogP contribution in [0, 0.1) is 0 Å². The van der Waals surface area contributed by atoms with Crippen molar-refractivity contribution in [1.82, 2.24) is 4.90 Å². The number of Topliss-reactive ketones (excluding diaryl/α,β-unsaturated/α-hetero) is 1. The number of hydrogen-bond acceptors (Lipinski definition) is 5. The van der Waals surface area contributed by atoms with Crippen molar-refractivity contribution in [3.63, 3.8) is 0 Å². The first-order valence-corrected chi connectivity index (χ1v) is 11.5. The van der Waals surface area contributed by atoms with Crippen molar-refractivity contribution < 1.29 is 23.8 Å². The average molecular weight is 468 g/mol. The zero-order valence-corrected chi connectivity index (χ0v) is 19.4. The van der Waals surface area contributed by atoms with E-state index in [1.54, 1.807) is 41.3 Å². The van der Waals surface area contributed by atoms with Crippen molar-refractivity contribution in [3.05, 3.63) is 76.2 Å². The van der Waals surface area contributed by atoms with Crippen molar-refractivity contribution in [1.29, 1.82) is 0 Å². The third-order valence-electron chi connectivity index (χ3n) is 5.76. The maximum Gasteiger partial charge on any atom is 0.290 e. The van der Waals surface area contributed by atoms with Gasteiger partial charge in [0.15, 0.2) is 11.5 Å². The molecule has 1 N–H and O–H groups in total. The fourth-order valence-electron chi connectivity index (χ4n) is 4.17. The van der Waals surface area contributed by atoms with Gasteiger partial charge in [0.2, 0.25) is 5.78 Å². The number of unbranched alkanes of at least 4 members (excludes halogenated alkanes) is 2. The Kier molecular flexibility index (Phi) is 6.75. The molecule has 0 fully saturated rings. The molecular formula is C26H26ClNO5. The Morgan fingerprint density at radius 3 is 2.58 bits per heavy atom. The van der Waals surface area contributed by atoms with Crippen LogP contribution >= 0.6 is 11.6 Å². The van der Waals surface area contributed by atoms with Gasteiger partial charge in [-0.3, -0.25) is 9.59 Å². The number of benzene rings is 2. The number of hydrogen-bond donors (Lipinski definition) is 1. The largest absolute Gasteiger partial charge is 0.503 e. The number of ketones is 1. The fraction of sp³-hybridized carbons (Fsp3) is 0.308. The number of halogens is 1. The van der Waals surface area contributed by atoms with Gasteiger partial charge < -0.3 is 19.2 Å². The lowest BCUT2D eigenvalue weighted by Crippen LogP contribution is -2.32. The molecule has 1 amide bonds. The van der Waals surface area contributed by atoms with Gasteiger partial charge in [0, 0.05) is 17.0 Å². The average Bonchev–Trinajstić information content (AvgIpc) is 3.33. The van der Waals surface area contributed by atoms with Gasteiger partial charge in [0.25, 0.3) is 5.91 Å². The molecule has 0 saturated carbocycles. The molecule has 1 aromatic heterocycles. The molecule has 3 aromatic rings. The summed E-state index contributed by atoms with van der Waals surface area (Å²) in [7, 11) is 0. The standard InChI is InChI=1S/C26H26ClNO5/c1-3-5-6-13-28-23(16-7-10-19(11-8-16)32-4-2)22(25(30)26(28)31)24(29)21-15-17-14-18(27)9-12-20(17)33-21/h7-12,14-15,23,30H,3-6,13H2,1-2H3. The van der Waals surface area contributed by atoms with E-state index < -0.39 is 23.5 Å². The number of furan rings is 1. The summed E-state index contributed by atoms with van der Waals surface area (Å²) in [4.78, 5) is 28.1. The minimum atomic E-state index is -0.714. The minimum absolute atomic E-state index is 0.0193. The van der Waals surface area contributed by atoms with Crippen LogP contribution in [0.15, 0.2) is 64.3 Å². The molecule has 0 saturated heterocycles. The molecular weight excluding hydrogens is 442 g/mol. The van der Waals surface area contributed by atoms with E-state index in [2.05, 4.69) is 6.92 Å². The van der Waals surface area contributed by atoms with E-state index >= 15 is 0 Å². The van der Waals surface area contributed by atoms with Crippen LogP contribution in [0.2, 0.25) is 5.02 Å². The van der Waals surface area contributed by atoms with Crippen LogP contribution in [0.1, 0.15) is 55.3 Å². The molecule has 2 aromatic carbocycles. The van der Waals surface area contributed by atoms with Gasteiger partial charge in [-0.05, 0) is 55.3 Å². The van der Waals surface area contributed by atoms with Gasteiger partial charge in [-0.1, -0.05) is 43.5 Å². The van der Waals surface area contributed by atoms with Crippen LogP contribution in [0.3, 0.4) is 0 Å². The lowest BCUT2D eigenvalue weighted by Gasteiger charge is -2.26.